The summed E-state index contributed by atoms with van der Waals surface area (Å²) in [5, 5.41) is 5.90. The fraction of sp³-hybridized carbons (Fsp3) is 0.375. The van der Waals surface area contributed by atoms with Crippen LogP contribution < -0.4 is 15.9 Å². The molecule has 1 aromatic heterocycles. The molecule has 1 aliphatic heterocycles. The highest BCUT2D eigenvalue weighted by Gasteiger charge is 2.16. The quantitative estimate of drug-likeness (QED) is 0.402. The fourth-order valence-electron chi connectivity index (χ4n) is 3.78. The average Bonchev–Trinajstić information content (AvgIpc) is 2.78. The van der Waals surface area contributed by atoms with Crippen molar-refractivity contribution in [3.63, 3.8) is 0 Å². The number of dihydropyridines is 1. The summed E-state index contributed by atoms with van der Waals surface area (Å²) in [7, 11) is 5.31. The van der Waals surface area contributed by atoms with Crippen LogP contribution in [0.15, 0.2) is 47.4 Å². The minimum atomic E-state index is -0.387. The van der Waals surface area contributed by atoms with Crippen molar-refractivity contribution in [2.24, 2.45) is 4.99 Å². The Morgan fingerprint density at radius 2 is 1.88 bits per heavy atom. The van der Waals surface area contributed by atoms with E-state index < -0.39 is 0 Å². The minimum absolute atomic E-state index is 0.204. The second-order valence-corrected chi connectivity index (χ2v) is 8.11. The molecule has 0 saturated heterocycles. The predicted molar refractivity (Wildman–Crippen MR) is 126 cm³/mol. The number of aliphatic imine (C=N–C) groups is 1. The molecule has 7 nitrogen and oxygen atoms in total. The van der Waals surface area contributed by atoms with Crippen LogP contribution in [0, 0.1) is 5.82 Å². The van der Waals surface area contributed by atoms with E-state index in [4.69, 9.17) is 0 Å². The van der Waals surface area contributed by atoms with E-state index in [1.165, 1.54) is 5.01 Å². The third-order valence-corrected chi connectivity index (χ3v) is 5.33. The topological polar surface area (TPSA) is 72.9 Å². The predicted octanol–water partition coefficient (Wildman–Crippen LogP) is 2.91. The Kier molecular flexibility index (Phi) is 8.62. The molecule has 9 heteroatoms. The fourth-order valence-corrected chi connectivity index (χ4v) is 3.78. The van der Waals surface area contributed by atoms with Crippen LogP contribution in [-0.2, 0) is 30.6 Å². The third-order valence-electron chi connectivity index (χ3n) is 5.33. The normalized spacial score (nSPS) is 13.5. The van der Waals surface area contributed by atoms with Crippen molar-refractivity contribution in [3.05, 3.63) is 70.4 Å². The SMILES string of the molecule is CN(C)NN(C)c1nccc(CCc2cc(CC3=NCCC=C3F)ccc2CNC=O)c1F. The molecule has 0 atom stereocenters. The molecule has 1 aliphatic rings. The second kappa shape index (κ2) is 11.6. The molecule has 0 saturated carbocycles. The third kappa shape index (κ3) is 6.66. The average molecular weight is 457 g/mol. The van der Waals surface area contributed by atoms with Gasteiger partial charge in [-0.1, -0.05) is 18.2 Å². The van der Waals surface area contributed by atoms with E-state index in [9.17, 15) is 9.18 Å². The summed E-state index contributed by atoms with van der Waals surface area (Å²) < 4.78 is 29.2. The van der Waals surface area contributed by atoms with Gasteiger partial charge in [-0.3, -0.25) is 14.8 Å². The number of halogens is 2. The Balaban J connectivity index is 1.80. The Hall–Kier alpha value is -3.17. The number of hydrazine groups is 2. The van der Waals surface area contributed by atoms with Gasteiger partial charge in [-0.25, -0.2) is 18.8 Å². The summed E-state index contributed by atoms with van der Waals surface area (Å²) in [4.78, 5) is 19.3. The van der Waals surface area contributed by atoms with E-state index in [1.54, 1.807) is 44.5 Å². The number of benzene rings is 1. The van der Waals surface area contributed by atoms with Gasteiger partial charge in [0.2, 0.25) is 6.41 Å². The van der Waals surface area contributed by atoms with Crippen LogP contribution in [0.25, 0.3) is 0 Å². The molecule has 0 unspecified atom stereocenters. The molecule has 1 amide bonds. The van der Waals surface area contributed by atoms with Crippen molar-refractivity contribution < 1.29 is 13.6 Å². The molecular weight excluding hydrogens is 426 g/mol. The number of rotatable bonds is 11. The lowest BCUT2D eigenvalue weighted by Crippen LogP contribution is -2.44. The highest BCUT2D eigenvalue weighted by molar-refractivity contribution is 6.00. The van der Waals surface area contributed by atoms with Gasteiger partial charge in [0.05, 0.1) is 5.71 Å². The lowest BCUT2D eigenvalue weighted by molar-refractivity contribution is -0.109. The summed E-state index contributed by atoms with van der Waals surface area (Å²) in [6.45, 7) is 0.964. The molecule has 33 heavy (non-hydrogen) atoms. The number of hydrogen-bond donors (Lipinski definition) is 2. The monoisotopic (exact) mass is 456 g/mol. The van der Waals surface area contributed by atoms with Gasteiger partial charge in [0.25, 0.3) is 0 Å². The zero-order valence-electron chi connectivity index (χ0n) is 19.2. The first kappa shape index (κ1) is 24.5. The first-order chi connectivity index (χ1) is 15.9. The van der Waals surface area contributed by atoms with Crippen LogP contribution in [0.1, 0.15) is 28.7 Å². The lowest BCUT2D eigenvalue weighted by atomic mass is 9.95. The van der Waals surface area contributed by atoms with Gasteiger partial charge >= 0.3 is 0 Å². The molecule has 0 radical (unpaired) electrons. The molecule has 176 valence electrons. The molecule has 0 aliphatic carbocycles. The van der Waals surface area contributed by atoms with Gasteiger partial charge in [-0.15, -0.1) is 0 Å². The number of nitrogens with one attached hydrogen (secondary N) is 2. The maximum absolute atomic E-state index is 15.1. The van der Waals surface area contributed by atoms with Crippen LogP contribution in [0.3, 0.4) is 0 Å². The minimum Gasteiger partial charge on any atom is -0.355 e. The number of aromatic nitrogens is 1. The number of carbonyl (C=O) groups is 1. The van der Waals surface area contributed by atoms with E-state index in [0.29, 0.717) is 56.5 Å². The number of anilines is 1. The number of hydrogen-bond acceptors (Lipinski definition) is 6. The summed E-state index contributed by atoms with van der Waals surface area (Å²) >= 11 is 0. The molecule has 0 spiro atoms. The Labute approximate surface area is 193 Å². The summed E-state index contributed by atoms with van der Waals surface area (Å²) in [5.74, 6) is -0.450. The number of amides is 1. The summed E-state index contributed by atoms with van der Waals surface area (Å²) in [6, 6.07) is 7.51. The highest BCUT2D eigenvalue weighted by Crippen LogP contribution is 2.22. The Morgan fingerprint density at radius 3 is 2.61 bits per heavy atom. The van der Waals surface area contributed by atoms with Crippen LogP contribution in [0.2, 0.25) is 0 Å². The van der Waals surface area contributed by atoms with E-state index in [-0.39, 0.29) is 17.5 Å². The van der Waals surface area contributed by atoms with Crippen LogP contribution in [0.5, 0.6) is 0 Å². The number of nitrogens with zero attached hydrogens (tertiary/aromatic N) is 4. The maximum atomic E-state index is 15.1. The van der Waals surface area contributed by atoms with Crippen LogP contribution >= 0.6 is 0 Å². The van der Waals surface area contributed by atoms with Gasteiger partial charge in [0.1, 0.15) is 5.83 Å². The van der Waals surface area contributed by atoms with E-state index >= 15 is 4.39 Å². The van der Waals surface area contributed by atoms with Gasteiger partial charge < -0.3 is 5.32 Å². The van der Waals surface area contributed by atoms with Crippen molar-refractivity contribution in [1.82, 2.24) is 20.8 Å². The number of allylic oxidation sites excluding steroid dienone is 1. The largest absolute Gasteiger partial charge is 0.355 e. The van der Waals surface area contributed by atoms with Crippen LogP contribution in [-0.4, -0.2) is 49.8 Å². The molecular formula is C24H30F2N6O. The van der Waals surface area contributed by atoms with Crippen molar-refractivity contribution >= 4 is 17.9 Å². The first-order valence-corrected chi connectivity index (χ1v) is 10.9. The zero-order valence-corrected chi connectivity index (χ0v) is 19.2. The summed E-state index contributed by atoms with van der Waals surface area (Å²) in [5.41, 5.74) is 6.79. The highest BCUT2D eigenvalue weighted by atomic mass is 19.1. The number of pyridine rings is 1. The molecule has 0 fully saturated rings. The smallest absolute Gasteiger partial charge is 0.207 e. The summed E-state index contributed by atoms with van der Waals surface area (Å²) in [6.07, 6.45) is 5.82. The molecule has 2 heterocycles. The lowest BCUT2D eigenvalue weighted by Gasteiger charge is -2.24. The standard InChI is InChI=1S/C24H30F2N6O/c1-31(2)30-32(3)24-23(26)18(10-12-29-24)8-9-19-13-17(6-7-20(19)15-27-16-33)14-22-21(25)5-4-11-28-22/h5-7,10,12-13,16,30H,4,8-9,11,14-15H2,1-3H3,(H,27,33). The van der Waals surface area contributed by atoms with E-state index in [2.05, 4.69) is 20.8 Å². The van der Waals surface area contributed by atoms with Crippen molar-refractivity contribution in [2.75, 3.05) is 32.7 Å². The maximum Gasteiger partial charge on any atom is 0.207 e. The van der Waals surface area contributed by atoms with Gasteiger partial charge in [0.15, 0.2) is 11.6 Å². The van der Waals surface area contributed by atoms with Crippen molar-refractivity contribution in [2.45, 2.75) is 32.2 Å². The van der Waals surface area contributed by atoms with Crippen molar-refractivity contribution in [3.8, 4) is 0 Å². The van der Waals surface area contributed by atoms with E-state index in [1.807, 2.05) is 18.2 Å². The molecule has 2 N–H and O–H groups in total. The number of carbonyl (C=O) groups excluding carboxylic acids is 1. The van der Waals surface area contributed by atoms with Gasteiger partial charge in [-0.05, 0) is 53.7 Å². The number of aryl methyl sites for hydroxylation is 2. The Bertz CT molecular complexity index is 1040. The second-order valence-electron chi connectivity index (χ2n) is 8.11. The molecule has 1 aromatic carbocycles. The zero-order chi connectivity index (χ0) is 23.8. The molecule has 3 rings (SSSR count). The van der Waals surface area contributed by atoms with E-state index in [0.717, 1.165) is 16.7 Å². The van der Waals surface area contributed by atoms with Crippen molar-refractivity contribution in [1.29, 1.82) is 0 Å². The first-order valence-electron chi connectivity index (χ1n) is 10.9. The molecule has 0 bridgehead atoms. The Morgan fingerprint density at radius 1 is 1.09 bits per heavy atom. The van der Waals surface area contributed by atoms with Gasteiger partial charge in [-0.2, -0.15) is 5.53 Å². The van der Waals surface area contributed by atoms with Gasteiger partial charge in [0, 0.05) is 46.9 Å². The van der Waals surface area contributed by atoms with Crippen LogP contribution in [0.4, 0.5) is 14.6 Å². The molecule has 2 aromatic rings.